The number of fused-ring (bicyclic) bond motifs is 3. The van der Waals surface area contributed by atoms with Gasteiger partial charge < -0.3 is 15.3 Å². The van der Waals surface area contributed by atoms with Crippen molar-refractivity contribution in [2.24, 2.45) is 5.92 Å². The summed E-state index contributed by atoms with van der Waals surface area (Å²) in [6, 6.07) is 13.4. The summed E-state index contributed by atoms with van der Waals surface area (Å²) in [5, 5.41) is 30.8. The number of hydrogen-bond acceptors (Lipinski definition) is 3. The summed E-state index contributed by atoms with van der Waals surface area (Å²) in [4.78, 5) is 0. The number of phenols is 2. The first kappa shape index (κ1) is 18.4. The molecule has 3 N–H and O–H groups in total. The van der Waals surface area contributed by atoms with Gasteiger partial charge in [-0.25, -0.2) is 0 Å². The van der Waals surface area contributed by atoms with Crippen molar-refractivity contribution in [1.82, 2.24) is 0 Å². The first-order valence-corrected chi connectivity index (χ1v) is 10.3. The largest absolute Gasteiger partial charge is 0.508 e. The molecular weight excluding hydrogens is 336 g/mol. The molecule has 2 aliphatic carbocycles. The molecule has 1 fully saturated rings. The van der Waals surface area contributed by atoms with Gasteiger partial charge in [0, 0.05) is 5.41 Å². The summed E-state index contributed by atoms with van der Waals surface area (Å²) < 4.78 is 0. The van der Waals surface area contributed by atoms with Gasteiger partial charge in [-0.1, -0.05) is 31.5 Å². The standard InChI is InChI=1S/C24H30O3/c1-2-11-23(27)12-13-24(15-17-3-7-20(25)8-4-17)19(16-23)6-5-18-14-21(26)9-10-22(18)24/h3-4,7-10,14,19,25-27H,2,5-6,11-13,15-16H2,1H3/t19?,23?,24-/m0/s1. The number of hydrogen-bond donors (Lipinski definition) is 3. The van der Waals surface area contributed by atoms with Crippen LogP contribution in [0.3, 0.4) is 0 Å². The number of rotatable bonds is 4. The Morgan fingerprint density at radius 1 is 1.00 bits per heavy atom. The molecule has 144 valence electrons. The van der Waals surface area contributed by atoms with Crippen molar-refractivity contribution in [3.8, 4) is 11.5 Å². The van der Waals surface area contributed by atoms with Gasteiger partial charge in [0.1, 0.15) is 11.5 Å². The number of aryl methyl sites for hydroxylation is 1. The number of phenolic OH excluding ortho intramolecular Hbond substituents is 2. The van der Waals surface area contributed by atoms with Crippen molar-refractivity contribution in [2.45, 2.75) is 69.3 Å². The molecule has 3 nitrogen and oxygen atoms in total. The summed E-state index contributed by atoms with van der Waals surface area (Å²) in [6.07, 6.45) is 7.48. The molecule has 0 aromatic heterocycles. The Balaban J connectivity index is 1.75. The minimum Gasteiger partial charge on any atom is -0.508 e. The molecule has 2 unspecified atom stereocenters. The van der Waals surface area contributed by atoms with Crippen molar-refractivity contribution in [1.29, 1.82) is 0 Å². The topological polar surface area (TPSA) is 60.7 Å². The van der Waals surface area contributed by atoms with Gasteiger partial charge in [0.15, 0.2) is 0 Å². The lowest BCUT2D eigenvalue weighted by Crippen LogP contribution is -2.51. The number of aliphatic hydroxyl groups is 1. The van der Waals surface area contributed by atoms with E-state index in [1.807, 2.05) is 24.3 Å². The summed E-state index contributed by atoms with van der Waals surface area (Å²) in [6.45, 7) is 2.15. The Morgan fingerprint density at radius 2 is 1.74 bits per heavy atom. The fourth-order valence-electron chi connectivity index (χ4n) is 5.75. The van der Waals surface area contributed by atoms with Crippen LogP contribution in [-0.2, 0) is 18.3 Å². The van der Waals surface area contributed by atoms with Crippen LogP contribution in [0, 0.1) is 5.92 Å². The predicted molar refractivity (Wildman–Crippen MR) is 107 cm³/mol. The minimum atomic E-state index is -0.535. The van der Waals surface area contributed by atoms with Crippen LogP contribution >= 0.6 is 0 Å². The third-order valence-corrected chi connectivity index (χ3v) is 7.00. The van der Waals surface area contributed by atoms with E-state index in [9.17, 15) is 15.3 Å². The minimum absolute atomic E-state index is 0.00176. The molecule has 3 atom stereocenters. The highest BCUT2D eigenvalue weighted by atomic mass is 16.3. The van der Waals surface area contributed by atoms with Crippen molar-refractivity contribution >= 4 is 0 Å². The van der Waals surface area contributed by atoms with Gasteiger partial charge in [0.2, 0.25) is 0 Å². The van der Waals surface area contributed by atoms with Gasteiger partial charge in [-0.05, 0) is 91.8 Å². The van der Waals surface area contributed by atoms with Crippen LogP contribution in [0.5, 0.6) is 11.5 Å². The molecule has 2 aromatic rings. The van der Waals surface area contributed by atoms with E-state index in [1.54, 1.807) is 12.1 Å². The monoisotopic (exact) mass is 366 g/mol. The molecule has 1 saturated carbocycles. The first-order valence-electron chi connectivity index (χ1n) is 10.3. The molecule has 3 heteroatoms. The maximum Gasteiger partial charge on any atom is 0.115 e. The van der Waals surface area contributed by atoms with E-state index < -0.39 is 5.60 Å². The fourth-order valence-corrected chi connectivity index (χ4v) is 5.75. The maximum atomic E-state index is 11.1. The Kier molecular flexibility index (Phi) is 4.67. The second-order valence-electron chi connectivity index (χ2n) is 8.75. The zero-order valence-corrected chi connectivity index (χ0v) is 16.1. The van der Waals surface area contributed by atoms with E-state index in [2.05, 4.69) is 13.0 Å². The normalized spacial score (nSPS) is 29.8. The lowest BCUT2D eigenvalue weighted by atomic mass is 9.52. The van der Waals surface area contributed by atoms with Gasteiger partial charge >= 0.3 is 0 Å². The van der Waals surface area contributed by atoms with E-state index >= 15 is 0 Å². The van der Waals surface area contributed by atoms with Crippen LogP contribution in [0.2, 0.25) is 0 Å². The average molecular weight is 367 g/mol. The van der Waals surface area contributed by atoms with Crippen molar-refractivity contribution in [3.05, 3.63) is 59.2 Å². The molecule has 0 spiro atoms. The lowest BCUT2D eigenvalue weighted by Gasteiger charge is -2.53. The molecule has 27 heavy (non-hydrogen) atoms. The molecule has 0 amide bonds. The summed E-state index contributed by atoms with van der Waals surface area (Å²) in [5.74, 6) is 1.07. The Labute approximate surface area is 161 Å². The van der Waals surface area contributed by atoms with Crippen LogP contribution < -0.4 is 0 Å². The molecule has 0 saturated heterocycles. The van der Waals surface area contributed by atoms with E-state index in [4.69, 9.17) is 0 Å². The van der Waals surface area contributed by atoms with E-state index in [1.165, 1.54) is 16.7 Å². The Bertz CT molecular complexity index is 813. The SMILES string of the molecule is CCCC1(O)CC[C@@]2(Cc3ccc(O)cc3)c3ccc(O)cc3CCC2C1. The highest BCUT2D eigenvalue weighted by Gasteiger charge is 2.51. The van der Waals surface area contributed by atoms with Gasteiger partial charge in [0.25, 0.3) is 0 Å². The Morgan fingerprint density at radius 3 is 2.48 bits per heavy atom. The summed E-state index contributed by atoms with van der Waals surface area (Å²) >= 11 is 0. The van der Waals surface area contributed by atoms with Crippen LogP contribution in [0.1, 0.15) is 62.1 Å². The molecule has 0 radical (unpaired) electrons. The fraction of sp³-hybridized carbons (Fsp3) is 0.500. The highest BCUT2D eigenvalue weighted by Crippen LogP contribution is 2.55. The van der Waals surface area contributed by atoms with Crippen molar-refractivity contribution in [3.63, 3.8) is 0 Å². The van der Waals surface area contributed by atoms with E-state index in [0.29, 0.717) is 17.4 Å². The number of benzene rings is 2. The van der Waals surface area contributed by atoms with E-state index in [-0.39, 0.29) is 5.41 Å². The van der Waals surface area contributed by atoms with Crippen LogP contribution in [0.4, 0.5) is 0 Å². The van der Waals surface area contributed by atoms with Crippen LogP contribution in [-0.4, -0.2) is 20.9 Å². The predicted octanol–water partition coefficient (Wildman–Crippen LogP) is 4.86. The third kappa shape index (κ3) is 3.34. The van der Waals surface area contributed by atoms with Crippen molar-refractivity contribution in [2.75, 3.05) is 0 Å². The maximum absolute atomic E-state index is 11.1. The van der Waals surface area contributed by atoms with Crippen molar-refractivity contribution < 1.29 is 15.3 Å². The number of aromatic hydroxyl groups is 2. The first-order chi connectivity index (χ1) is 12.9. The third-order valence-electron chi connectivity index (χ3n) is 7.00. The quantitative estimate of drug-likeness (QED) is 0.724. The highest BCUT2D eigenvalue weighted by molar-refractivity contribution is 5.44. The van der Waals surface area contributed by atoms with Crippen LogP contribution in [0.15, 0.2) is 42.5 Å². The van der Waals surface area contributed by atoms with Gasteiger partial charge in [-0.2, -0.15) is 0 Å². The molecule has 0 heterocycles. The zero-order valence-electron chi connectivity index (χ0n) is 16.1. The van der Waals surface area contributed by atoms with Gasteiger partial charge in [0.05, 0.1) is 5.60 Å². The van der Waals surface area contributed by atoms with E-state index in [0.717, 1.165) is 51.4 Å². The molecule has 4 rings (SSSR count). The smallest absolute Gasteiger partial charge is 0.115 e. The average Bonchev–Trinajstić information content (AvgIpc) is 2.64. The lowest BCUT2D eigenvalue weighted by molar-refractivity contribution is -0.0565. The molecular formula is C24H30O3. The zero-order chi connectivity index (χ0) is 19.1. The summed E-state index contributed by atoms with van der Waals surface area (Å²) in [5.41, 5.74) is 3.29. The summed E-state index contributed by atoms with van der Waals surface area (Å²) in [7, 11) is 0. The van der Waals surface area contributed by atoms with Gasteiger partial charge in [-0.3, -0.25) is 0 Å². The molecule has 0 aliphatic heterocycles. The Hall–Kier alpha value is -2.00. The second kappa shape index (κ2) is 6.87. The molecule has 2 aromatic carbocycles. The molecule has 0 bridgehead atoms. The van der Waals surface area contributed by atoms with Crippen LogP contribution in [0.25, 0.3) is 0 Å². The van der Waals surface area contributed by atoms with Gasteiger partial charge in [-0.15, -0.1) is 0 Å². The second-order valence-corrected chi connectivity index (χ2v) is 8.75. The molecule has 2 aliphatic rings.